The normalized spacial score (nSPS) is 18.4. The minimum absolute atomic E-state index is 0.00793. The zero-order valence-electron chi connectivity index (χ0n) is 15.8. The Morgan fingerprint density at radius 3 is 2.57 bits per heavy atom. The molecule has 0 atom stereocenters. The molecule has 1 aromatic carbocycles. The molecular weight excluding hydrogens is 408 g/mol. The third kappa shape index (κ3) is 3.19. The summed E-state index contributed by atoms with van der Waals surface area (Å²) in [6.45, 7) is 0.00793. The maximum atomic E-state index is 12.6. The summed E-state index contributed by atoms with van der Waals surface area (Å²) in [6, 6.07) is 12.2. The van der Waals surface area contributed by atoms with E-state index < -0.39 is 5.76 Å². The van der Waals surface area contributed by atoms with Crippen molar-refractivity contribution >= 4 is 17.1 Å². The first-order valence-corrected chi connectivity index (χ1v) is 9.92. The molecule has 8 nitrogen and oxygen atoms in total. The largest absolute Gasteiger partial charge is 0.437 e. The second-order valence-corrected chi connectivity index (χ2v) is 7.87. The van der Waals surface area contributed by atoms with Gasteiger partial charge in [0.15, 0.2) is 0 Å². The molecule has 0 spiro atoms. The van der Waals surface area contributed by atoms with E-state index in [9.17, 15) is 14.4 Å². The zero-order chi connectivity index (χ0) is 20.8. The molecule has 0 aliphatic heterocycles. The van der Waals surface area contributed by atoms with E-state index in [1.165, 1.54) is 43.7 Å². The first-order valence-electron chi connectivity index (χ1n) is 9.54. The van der Waals surface area contributed by atoms with Crippen molar-refractivity contribution in [3.8, 4) is 0 Å². The van der Waals surface area contributed by atoms with Crippen LogP contribution in [0.5, 0.6) is 0 Å². The summed E-state index contributed by atoms with van der Waals surface area (Å²) >= 11 is 5.93. The van der Waals surface area contributed by atoms with Crippen LogP contribution < -0.4 is 16.9 Å². The van der Waals surface area contributed by atoms with E-state index in [1.807, 2.05) is 24.3 Å². The Morgan fingerprint density at radius 2 is 1.80 bits per heavy atom. The van der Waals surface area contributed by atoms with E-state index in [4.69, 9.17) is 16.0 Å². The molecule has 0 amide bonds. The van der Waals surface area contributed by atoms with Crippen molar-refractivity contribution in [3.63, 3.8) is 0 Å². The lowest BCUT2D eigenvalue weighted by Gasteiger charge is -2.34. The summed E-state index contributed by atoms with van der Waals surface area (Å²) in [5.74, 6) is -0.0324. The van der Waals surface area contributed by atoms with Gasteiger partial charge in [0.25, 0.3) is 11.1 Å². The van der Waals surface area contributed by atoms with Crippen molar-refractivity contribution in [2.45, 2.75) is 31.3 Å². The average Bonchev–Trinajstić information content (AvgIpc) is 3.05. The molecule has 4 aromatic rings. The first-order chi connectivity index (χ1) is 14.5. The summed E-state index contributed by atoms with van der Waals surface area (Å²) < 4.78 is 9.27. The molecule has 1 saturated carbocycles. The number of hydrogen-bond acceptors (Lipinski definition) is 5. The highest BCUT2D eigenvalue weighted by molar-refractivity contribution is 6.30. The molecule has 5 rings (SSSR count). The molecule has 0 N–H and O–H groups in total. The summed E-state index contributed by atoms with van der Waals surface area (Å²) in [5.41, 5.74) is 0.786. The smallest absolute Gasteiger partial charge is 0.390 e. The molecule has 3 aromatic heterocycles. The summed E-state index contributed by atoms with van der Waals surface area (Å²) in [4.78, 5) is 36.8. The summed E-state index contributed by atoms with van der Waals surface area (Å²) in [6.07, 6.45) is 4.56. The van der Waals surface area contributed by atoms with Crippen molar-refractivity contribution in [1.29, 1.82) is 0 Å². The van der Waals surface area contributed by atoms with Gasteiger partial charge in [0.1, 0.15) is 12.1 Å². The number of nitrogens with zero attached hydrogens (tertiary/aromatic N) is 4. The van der Waals surface area contributed by atoms with Crippen LogP contribution in [0.4, 0.5) is 0 Å². The van der Waals surface area contributed by atoms with Gasteiger partial charge >= 0.3 is 5.76 Å². The van der Waals surface area contributed by atoms with Gasteiger partial charge in [-0.2, -0.15) is 4.68 Å². The first kappa shape index (κ1) is 18.6. The van der Waals surface area contributed by atoms with E-state index in [0.717, 1.165) is 12.8 Å². The standard InChI is InChI=1S/C21H17ClN4O4/c22-15-6-4-13(5-7-15)14-10-16(11-14)26-21(29)30-18(23-26)12-24-8-9-25-17(20(24)28)2-1-3-19(25)27/h1-9,14,16H,10-12H2. The Bertz CT molecular complexity index is 1410. The fourth-order valence-corrected chi connectivity index (χ4v) is 4.01. The monoisotopic (exact) mass is 424 g/mol. The molecule has 0 radical (unpaired) electrons. The predicted octanol–water partition coefficient (Wildman–Crippen LogP) is 2.43. The second kappa shape index (κ2) is 7.14. The number of rotatable bonds is 4. The van der Waals surface area contributed by atoms with E-state index in [2.05, 4.69) is 5.10 Å². The predicted molar refractivity (Wildman–Crippen MR) is 110 cm³/mol. The molecule has 1 aliphatic rings. The molecule has 30 heavy (non-hydrogen) atoms. The number of benzene rings is 1. The van der Waals surface area contributed by atoms with Gasteiger partial charge in [-0.05, 0) is 42.5 Å². The number of fused-ring (bicyclic) bond motifs is 1. The van der Waals surface area contributed by atoms with Crippen LogP contribution in [0.15, 0.2) is 73.7 Å². The lowest BCUT2D eigenvalue weighted by atomic mass is 9.76. The van der Waals surface area contributed by atoms with Gasteiger partial charge in [-0.3, -0.25) is 14.0 Å². The van der Waals surface area contributed by atoms with Gasteiger partial charge in [0.2, 0.25) is 5.89 Å². The molecule has 0 unspecified atom stereocenters. The molecule has 3 heterocycles. The quantitative estimate of drug-likeness (QED) is 0.501. The van der Waals surface area contributed by atoms with Crippen molar-refractivity contribution < 1.29 is 4.42 Å². The minimum Gasteiger partial charge on any atom is -0.390 e. The Balaban J connectivity index is 1.36. The highest BCUT2D eigenvalue weighted by atomic mass is 35.5. The van der Waals surface area contributed by atoms with Gasteiger partial charge in [0, 0.05) is 23.5 Å². The number of pyridine rings is 1. The van der Waals surface area contributed by atoms with E-state index >= 15 is 0 Å². The topological polar surface area (TPSA) is 91.5 Å². The van der Waals surface area contributed by atoms with Crippen LogP contribution in [0.1, 0.15) is 36.3 Å². The van der Waals surface area contributed by atoms with Crippen LogP contribution in [-0.4, -0.2) is 18.7 Å². The van der Waals surface area contributed by atoms with Crippen LogP contribution in [-0.2, 0) is 6.54 Å². The second-order valence-electron chi connectivity index (χ2n) is 7.43. The van der Waals surface area contributed by atoms with Crippen molar-refractivity contribution in [3.05, 3.63) is 103 Å². The number of hydrogen-bond donors (Lipinski definition) is 0. The third-order valence-corrected chi connectivity index (χ3v) is 5.84. The Labute approximate surface area is 174 Å². The molecule has 0 saturated heterocycles. The molecular formula is C21H17ClN4O4. The third-order valence-electron chi connectivity index (χ3n) is 5.58. The molecule has 0 bridgehead atoms. The van der Waals surface area contributed by atoms with Gasteiger partial charge in [-0.15, -0.1) is 5.10 Å². The number of aromatic nitrogens is 4. The zero-order valence-corrected chi connectivity index (χ0v) is 16.5. The van der Waals surface area contributed by atoms with Crippen LogP contribution >= 0.6 is 11.6 Å². The highest BCUT2D eigenvalue weighted by Crippen LogP contribution is 2.43. The maximum absolute atomic E-state index is 12.6. The van der Waals surface area contributed by atoms with Crippen molar-refractivity contribution in [2.24, 2.45) is 0 Å². The minimum atomic E-state index is -0.533. The maximum Gasteiger partial charge on any atom is 0.437 e. The molecule has 1 fully saturated rings. The van der Waals surface area contributed by atoms with Crippen LogP contribution in [0.2, 0.25) is 5.02 Å². The van der Waals surface area contributed by atoms with E-state index in [1.54, 1.807) is 6.07 Å². The fourth-order valence-electron chi connectivity index (χ4n) is 3.88. The average molecular weight is 425 g/mol. The van der Waals surface area contributed by atoms with Gasteiger partial charge in [-0.25, -0.2) is 4.79 Å². The lowest BCUT2D eigenvalue weighted by molar-refractivity contribution is 0.233. The van der Waals surface area contributed by atoms with Gasteiger partial charge < -0.3 is 8.98 Å². The lowest BCUT2D eigenvalue weighted by Crippen LogP contribution is -2.32. The summed E-state index contributed by atoms with van der Waals surface area (Å²) in [5, 5.41) is 4.99. The van der Waals surface area contributed by atoms with E-state index in [-0.39, 0.29) is 35.1 Å². The fraction of sp³-hybridized carbons (Fsp3) is 0.238. The van der Waals surface area contributed by atoms with Crippen LogP contribution in [0, 0.1) is 0 Å². The van der Waals surface area contributed by atoms with Crippen molar-refractivity contribution in [1.82, 2.24) is 18.7 Å². The SMILES string of the molecule is O=c1c2cccc(=O)n2ccn1Cc1nn(C2CC(c3ccc(Cl)cc3)C2)c(=O)o1. The highest BCUT2D eigenvalue weighted by Gasteiger charge is 2.34. The Kier molecular flexibility index (Phi) is 4.43. The van der Waals surface area contributed by atoms with Crippen LogP contribution in [0.3, 0.4) is 0 Å². The molecule has 9 heteroatoms. The van der Waals surface area contributed by atoms with Crippen LogP contribution in [0.25, 0.3) is 5.52 Å². The van der Waals surface area contributed by atoms with E-state index in [0.29, 0.717) is 10.9 Å². The van der Waals surface area contributed by atoms with Gasteiger partial charge in [0.05, 0.1) is 6.04 Å². The molecule has 1 aliphatic carbocycles. The Hall–Kier alpha value is -3.39. The molecule has 152 valence electrons. The van der Waals surface area contributed by atoms with Gasteiger partial charge in [-0.1, -0.05) is 29.8 Å². The summed E-state index contributed by atoms with van der Waals surface area (Å²) in [7, 11) is 0. The van der Waals surface area contributed by atoms with Crippen molar-refractivity contribution in [2.75, 3.05) is 0 Å². The Morgan fingerprint density at radius 1 is 1.03 bits per heavy atom. The number of halogens is 1.